The van der Waals surface area contributed by atoms with Gasteiger partial charge in [0.2, 0.25) is 5.91 Å². The maximum atomic E-state index is 11.2. The number of nitrogen functional groups attached to an aromatic ring is 2. The Morgan fingerprint density at radius 2 is 1.56 bits per heavy atom. The summed E-state index contributed by atoms with van der Waals surface area (Å²) in [4.78, 5) is 19.2. The van der Waals surface area contributed by atoms with Crippen LogP contribution in [-0.2, 0) is 4.79 Å². The summed E-state index contributed by atoms with van der Waals surface area (Å²) in [5.74, 6) is -0.522. The van der Waals surface area contributed by atoms with Gasteiger partial charge in [0, 0.05) is 35.4 Å². The van der Waals surface area contributed by atoms with Crippen molar-refractivity contribution in [3.05, 3.63) is 66.8 Å². The minimum Gasteiger partial charge on any atom is -0.399 e. The molecule has 3 aromatic rings. The molecule has 0 atom stereocenters. The van der Waals surface area contributed by atoms with E-state index < -0.39 is 5.91 Å². The SMILES string of the molecule is NC(=O)/C=C/c1cc(-c2cncnc2)ccc1-c1cc(N)cc(N)c1. The highest BCUT2D eigenvalue weighted by molar-refractivity contribution is 5.92. The minimum absolute atomic E-state index is 0.522. The number of primary amides is 1. The van der Waals surface area contributed by atoms with E-state index in [0.717, 1.165) is 27.8 Å². The molecule has 0 bridgehead atoms. The van der Waals surface area contributed by atoms with Crippen LogP contribution >= 0.6 is 0 Å². The van der Waals surface area contributed by atoms with Gasteiger partial charge in [0.25, 0.3) is 0 Å². The summed E-state index contributed by atoms with van der Waals surface area (Å²) in [5, 5.41) is 0. The fourth-order valence-corrected chi connectivity index (χ4v) is 2.60. The molecule has 124 valence electrons. The van der Waals surface area contributed by atoms with Crippen LogP contribution in [0.3, 0.4) is 0 Å². The van der Waals surface area contributed by atoms with E-state index in [-0.39, 0.29) is 0 Å². The van der Waals surface area contributed by atoms with Crippen molar-refractivity contribution in [1.82, 2.24) is 9.97 Å². The van der Waals surface area contributed by atoms with Gasteiger partial charge in [-0.2, -0.15) is 0 Å². The van der Waals surface area contributed by atoms with Gasteiger partial charge >= 0.3 is 0 Å². The molecule has 0 radical (unpaired) electrons. The zero-order valence-corrected chi connectivity index (χ0v) is 13.4. The number of amides is 1. The Kier molecular flexibility index (Phi) is 4.43. The molecule has 6 nitrogen and oxygen atoms in total. The summed E-state index contributed by atoms with van der Waals surface area (Å²) >= 11 is 0. The van der Waals surface area contributed by atoms with Crippen LogP contribution in [0.1, 0.15) is 5.56 Å². The van der Waals surface area contributed by atoms with Crippen molar-refractivity contribution in [1.29, 1.82) is 0 Å². The van der Waals surface area contributed by atoms with Gasteiger partial charge in [-0.05, 0) is 52.6 Å². The molecule has 0 fully saturated rings. The van der Waals surface area contributed by atoms with Crippen molar-refractivity contribution in [2.75, 3.05) is 11.5 Å². The van der Waals surface area contributed by atoms with Crippen LogP contribution < -0.4 is 17.2 Å². The van der Waals surface area contributed by atoms with Gasteiger partial charge in [-0.15, -0.1) is 0 Å². The summed E-state index contributed by atoms with van der Waals surface area (Å²) < 4.78 is 0. The van der Waals surface area contributed by atoms with Crippen molar-refractivity contribution in [3.63, 3.8) is 0 Å². The Morgan fingerprint density at radius 1 is 0.880 bits per heavy atom. The first-order valence-electron chi connectivity index (χ1n) is 7.56. The number of nitrogens with zero attached hydrogens (tertiary/aromatic N) is 2. The third kappa shape index (κ3) is 3.81. The maximum absolute atomic E-state index is 11.2. The summed E-state index contributed by atoms with van der Waals surface area (Å²) in [6.45, 7) is 0. The van der Waals surface area contributed by atoms with Gasteiger partial charge in [-0.3, -0.25) is 4.79 Å². The largest absolute Gasteiger partial charge is 0.399 e. The van der Waals surface area contributed by atoms with Gasteiger partial charge in [-0.1, -0.05) is 12.1 Å². The lowest BCUT2D eigenvalue weighted by atomic mass is 9.95. The second-order valence-corrected chi connectivity index (χ2v) is 5.55. The highest BCUT2D eigenvalue weighted by Crippen LogP contribution is 2.31. The molecule has 1 amide bonds. The smallest absolute Gasteiger partial charge is 0.241 e. The van der Waals surface area contributed by atoms with Crippen LogP contribution in [-0.4, -0.2) is 15.9 Å². The van der Waals surface area contributed by atoms with Crippen LogP contribution in [0.2, 0.25) is 0 Å². The van der Waals surface area contributed by atoms with E-state index in [1.165, 1.54) is 12.4 Å². The highest BCUT2D eigenvalue weighted by atomic mass is 16.1. The lowest BCUT2D eigenvalue weighted by Crippen LogP contribution is -2.05. The fourth-order valence-electron chi connectivity index (χ4n) is 2.60. The summed E-state index contributed by atoms with van der Waals surface area (Å²) in [7, 11) is 0. The van der Waals surface area contributed by atoms with Crippen LogP contribution in [0.4, 0.5) is 11.4 Å². The van der Waals surface area contributed by atoms with E-state index in [1.54, 1.807) is 24.5 Å². The van der Waals surface area contributed by atoms with E-state index in [4.69, 9.17) is 17.2 Å². The Morgan fingerprint density at radius 3 is 2.20 bits per heavy atom. The maximum Gasteiger partial charge on any atom is 0.241 e. The zero-order valence-electron chi connectivity index (χ0n) is 13.4. The molecule has 0 unspecified atom stereocenters. The topological polar surface area (TPSA) is 121 Å². The fraction of sp³-hybridized carbons (Fsp3) is 0. The molecule has 3 rings (SSSR count). The molecule has 0 aliphatic carbocycles. The van der Waals surface area contributed by atoms with Crippen molar-refractivity contribution >= 4 is 23.4 Å². The van der Waals surface area contributed by atoms with Crippen LogP contribution in [0.15, 0.2) is 61.2 Å². The second kappa shape index (κ2) is 6.84. The Balaban J connectivity index is 2.15. The third-order valence-corrected chi connectivity index (χ3v) is 3.66. The number of hydrogen-bond acceptors (Lipinski definition) is 5. The third-order valence-electron chi connectivity index (χ3n) is 3.66. The molecule has 0 aliphatic heterocycles. The van der Waals surface area contributed by atoms with Crippen LogP contribution in [0.5, 0.6) is 0 Å². The molecule has 6 heteroatoms. The normalized spacial score (nSPS) is 10.9. The van der Waals surface area contributed by atoms with Gasteiger partial charge in [0.15, 0.2) is 0 Å². The van der Waals surface area contributed by atoms with E-state index in [9.17, 15) is 4.79 Å². The average molecular weight is 331 g/mol. The van der Waals surface area contributed by atoms with E-state index in [0.29, 0.717) is 11.4 Å². The van der Waals surface area contributed by atoms with Crippen molar-refractivity contribution in [3.8, 4) is 22.3 Å². The first-order valence-corrected chi connectivity index (χ1v) is 7.56. The standard InChI is InChI=1S/C19H17N5O/c20-16-6-14(7-17(21)8-16)18-3-1-12(15-9-23-11-24-10-15)5-13(18)2-4-19(22)25/h1-11H,20-21H2,(H2,22,25)/b4-2+. The van der Waals surface area contributed by atoms with Gasteiger partial charge in [0.05, 0.1) is 0 Å². The Bertz CT molecular complexity index is 931. The lowest BCUT2D eigenvalue weighted by molar-refractivity contribution is -0.113. The van der Waals surface area contributed by atoms with E-state index in [2.05, 4.69) is 9.97 Å². The number of nitrogens with two attached hydrogens (primary N) is 3. The number of aromatic nitrogens is 2. The van der Waals surface area contributed by atoms with Gasteiger partial charge in [-0.25, -0.2) is 9.97 Å². The summed E-state index contributed by atoms with van der Waals surface area (Å²) in [5.41, 5.74) is 22.5. The highest BCUT2D eigenvalue weighted by Gasteiger charge is 2.08. The molecule has 25 heavy (non-hydrogen) atoms. The number of benzene rings is 2. The number of carbonyl (C=O) groups excluding carboxylic acids is 1. The lowest BCUT2D eigenvalue weighted by Gasteiger charge is -2.11. The molecule has 6 N–H and O–H groups in total. The van der Waals surface area contributed by atoms with E-state index in [1.807, 2.05) is 30.3 Å². The van der Waals surface area contributed by atoms with Crippen molar-refractivity contribution < 1.29 is 4.79 Å². The monoisotopic (exact) mass is 331 g/mol. The molecule has 0 saturated carbocycles. The van der Waals surface area contributed by atoms with Crippen LogP contribution in [0, 0.1) is 0 Å². The molecule has 2 aromatic carbocycles. The van der Waals surface area contributed by atoms with Crippen molar-refractivity contribution in [2.45, 2.75) is 0 Å². The first-order chi connectivity index (χ1) is 12.0. The van der Waals surface area contributed by atoms with Crippen molar-refractivity contribution in [2.24, 2.45) is 5.73 Å². The second-order valence-electron chi connectivity index (χ2n) is 5.55. The number of hydrogen-bond donors (Lipinski definition) is 3. The number of rotatable bonds is 4. The van der Waals surface area contributed by atoms with Gasteiger partial charge < -0.3 is 17.2 Å². The minimum atomic E-state index is -0.522. The molecular weight excluding hydrogens is 314 g/mol. The average Bonchev–Trinajstić information content (AvgIpc) is 2.59. The molecule has 1 aromatic heterocycles. The summed E-state index contributed by atoms with van der Waals surface area (Å²) in [6, 6.07) is 11.2. The Hall–Kier alpha value is -3.67. The Labute approximate surface area is 145 Å². The molecular formula is C19H17N5O. The molecule has 1 heterocycles. The predicted molar refractivity (Wildman–Crippen MR) is 100.0 cm³/mol. The quantitative estimate of drug-likeness (QED) is 0.501. The number of carbonyl (C=O) groups is 1. The molecule has 0 spiro atoms. The molecule has 0 saturated heterocycles. The number of anilines is 2. The van der Waals surface area contributed by atoms with Gasteiger partial charge in [0.1, 0.15) is 6.33 Å². The first kappa shape index (κ1) is 16.2. The summed E-state index contributed by atoms with van der Waals surface area (Å²) in [6.07, 6.45) is 7.91. The van der Waals surface area contributed by atoms with Crippen LogP contribution in [0.25, 0.3) is 28.3 Å². The zero-order chi connectivity index (χ0) is 17.8. The predicted octanol–water partition coefficient (Wildman–Crippen LogP) is 2.47. The molecule has 0 aliphatic rings. The van der Waals surface area contributed by atoms with E-state index >= 15 is 0 Å².